The number of sulfonamides is 1. The van der Waals surface area contributed by atoms with Crippen molar-refractivity contribution in [2.45, 2.75) is 18.4 Å². The van der Waals surface area contributed by atoms with E-state index < -0.39 is 10.0 Å². The van der Waals surface area contributed by atoms with Crippen LogP contribution in [0.25, 0.3) is 0 Å². The molecule has 0 saturated heterocycles. The summed E-state index contributed by atoms with van der Waals surface area (Å²) in [4.78, 5) is 0.154. The van der Waals surface area contributed by atoms with E-state index >= 15 is 0 Å². The van der Waals surface area contributed by atoms with Crippen LogP contribution in [-0.4, -0.2) is 19.8 Å². The zero-order chi connectivity index (χ0) is 14.9. The third-order valence-electron chi connectivity index (χ3n) is 3.00. The zero-order valence-electron chi connectivity index (χ0n) is 11.1. The number of nitrogens with two attached hydrogens (primary N) is 1. The van der Waals surface area contributed by atoms with Gasteiger partial charge in [0.2, 0.25) is 10.0 Å². The maximum Gasteiger partial charge on any atom is 0.244 e. The fraction of sp³-hybridized carbons (Fsp3) is 0.231. The standard InChI is InChI=1S/C13H15BrN2O3S/c1-9-10(5-6-19-9)8-16(2)20(17,18)13-7-11(15)3-4-12(13)14/h3-7H,8,15H2,1-2H3. The molecule has 0 amide bonds. The molecule has 7 heteroatoms. The first-order valence-electron chi connectivity index (χ1n) is 5.86. The van der Waals surface area contributed by atoms with Crippen LogP contribution in [0.2, 0.25) is 0 Å². The van der Waals surface area contributed by atoms with Gasteiger partial charge in [-0.05, 0) is 47.1 Å². The largest absolute Gasteiger partial charge is 0.469 e. The number of nitrogens with zero attached hydrogens (tertiary/aromatic N) is 1. The summed E-state index contributed by atoms with van der Waals surface area (Å²) in [5.41, 5.74) is 6.90. The van der Waals surface area contributed by atoms with Crippen LogP contribution in [0.1, 0.15) is 11.3 Å². The van der Waals surface area contributed by atoms with Crippen molar-refractivity contribution in [1.29, 1.82) is 0 Å². The average Bonchev–Trinajstić information content (AvgIpc) is 2.78. The number of hydrogen-bond donors (Lipinski definition) is 1. The van der Waals surface area contributed by atoms with E-state index in [1.165, 1.54) is 17.4 Å². The SMILES string of the molecule is Cc1occc1CN(C)S(=O)(=O)c1cc(N)ccc1Br. The lowest BCUT2D eigenvalue weighted by molar-refractivity contribution is 0.458. The lowest BCUT2D eigenvalue weighted by Gasteiger charge is -2.18. The van der Waals surface area contributed by atoms with Gasteiger partial charge < -0.3 is 10.2 Å². The summed E-state index contributed by atoms with van der Waals surface area (Å²) in [6, 6.07) is 6.47. The molecule has 5 nitrogen and oxygen atoms in total. The Kier molecular flexibility index (Phi) is 4.22. The number of hydrogen-bond acceptors (Lipinski definition) is 4. The molecule has 1 heterocycles. The van der Waals surface area contributed by atoms with Gasteiger partial charge in [0.25, 0.3) is 0 Å². The molecule has 20 heavy (non-hydrogen) atoms. The van der Waals surface area contributed by atoms with Gasteiger partial charge in [0.15, 0.2) is 0 Å². The van der Waals surface area contributed by atoms with Crippen LogP contribution in [0.15, 0.2) is 44.3 Å². The number of benzene rings is 1. The minimum Gasteiger partial charge on any atom is -0.469 e. The van der Waals surface area contributed by atoms with Crippen LogP contribution in [0, 0.1) is 6.92 Å². The number of anilines is 1. The van der Waals surface area contributed by atoms with Crippen LogP contribution in [0.3, 0.4) is 0 Å². The molecular weight excluding hydrogens is 344 g/mol. The molecule has 0 fully saturated rings. The zero-order valence-corrected chi connectivity index (χ0v) is 13.5. The molecule has 2 N–H and O–H groups in total. The van der Waals surface area contributed by atoms with Gasteiger partial charge in [-0.2, -0.15) is 4.31 Å². The second kappa shape index (κ2) is 5.59. The Bertz CT molecular complexity index is 725. The third-order valence-corrected chi connectivity index (χ3v) is 5.80. The van der Waals surface area contributed by atoms with Gasteiger partial charge in [-0.1, -0.05) is 0 Å². The molecule has 0 unspecified atom stereocenters. The van der Waals surface area contributed by atoms with Gasteiger partial charge >= 0.3 is 0 Å². The van der Waals surface area contributed by atoms with Crippen molar-refractivity contribution in [1.82, 2.24) is 4.31 Å². The molecule has 0 radical (unpaired) electrons. The molecule has 0 aliphatic heterocycles. The topological polar surface area (TPSA) is 76.5 Å². The fourth-order valence-corrected chi connectivity index (χ4v) is 3.89. The van der Waals surface area contributed by atoms with E-state index in [2.05, 4.69) is 15.9 Å². The molecular formula is C13H15BrN2O3S. The van der Waals surface area contributed by atoms with Crippen molar-refractivity contribution in [3.05, 3.63) is 46.3 Å². The molecule has 1 aromatic carbocycles. The van der Waals surface area contributed by atoms with Crippen molar-refractivity contribution >= 4 is 31.6 Å². The van der Waals surface area contributed by atoms with Crippen molar-refractivity contribution in [3.8, 4) is 0 Å². The predicted octanol–water partition coefficient (Wildman–Crippen LogP) is 2.75. The Balaban J connectivity index is 2.35. The number of halogens is 1. The van der Waals surface area contributed by atoms with Gasteiger partial charge in [-0.25, -0.2) is 8.42 Å². The van der Waals surface area contributed by atoms with Crippen LogP contribution in [0.5, 0.6) is 0 Å². The minimum absolute atomic E-state index is 0.154. The maximum atomic E-state index is 12.6. The molecule has 0 aliphatic rings. The van der Waals surface area contributed by atoms with Gasteiger partial charge in [0.1, 0.15) is 5.76 Å². The molecule has 2 rings (SSSR count). The first-order valence-corrected chi connectivity index (χ1v) is 8.10. The van der Waals surface area contributed by atoms with Gasteiger partial charge in [-0.15, -0.1) is 0 Å². The van der Waals surface area contributed by atoms with Gasteiger partial charge in [0.05, 0.1) is 11.2 Å². The van der Waals surface area contributed by atoms with Crippen LogP contribution in [0.4, 0.5) is 5.69 Å². The molecule has 0 atom stereocenters. The highest BCUT2D eigenvalue weighted by molar-refractivity contribution is 9.10. The normalized spacial score (nSPS) is 12.0. The first kappa shape index (κ1) is 15.1. The molecule has 2 aromatic rings. The summed E-state index contributed by atoms with van der Waals surface area (Å²) >= 11 is 3.25. The average molecular weight is 359 g/mol. The second-order valence-electron chi connectivity index (χ2n) is 4.45. The lowest BCUT2D eigenvalue weighted by Crippen LogP contribution is -2.27. The summed E-state index contributed by atoms with van der Waals surface area (Å²) in [5, 5.41) is 0. The van der Waals surface area contributed by atoms with E-state index in [0.29, 0.717) is 15.9 Å². The maximum absolute atomic E-state index is 12.6. The minimum atomic E-state index is -3.62. The van der Waals surface area contributed by atoms with Crippen molar-refractivity contribution in [2.75, 3.05) is 12.8 Å². The van der Waals surface area contributed by atoms with Crippen molar-refractivity contribution in [3.63, 3.8) is 0 Å². The quantitative estimate of drug-likeness (QED) is 0.852. The number of furan rings is 1. The van der Waals surface area contributed by atoms with Crippen LogP contribution >= 0.6 is 15.9 Å². The van der Waals surface area contributed by atoms with Gasteiger partial charge in [-0.3, -0.25) is 0 Å². The Labute approximate surface area is 126 Å². The van der Waals surface area contributed by atoms with E-state index in [4.69, 9.17) is 10.2 Å². The molecule has 0 bridgehead atoms. The highest BCUT2D eigenvalue weighted by Crippen LogP contribution is 2.27. The summed E-state index contributed by atoms with van der Waals surface area (Å²) in [7, 11) is -2.10. The highest BCUT2D eigenvalue weighted by atomic mass is 79.9. The number of rotatable bonds is 4. The monoisotopic (exact) mass is 358 g/mol. The summed E-state index contributed by atoms with van der Waals surface area (Å²) in [6.07, 6.45) is 1.54. The summed E-state index contributed by atoms with van der Waals surface area (Å²) in [6.45, 7) is 2.04. The van der Waals surface area contributed by atoms with Crippen molar-refractivity contribution in [2.24, 2.45) is 0 Å². The van der Waals surface area contributed by atoms with Crippen molar-refractivity contribution < 1.29 is 12.8 Å². The molecule has 108 valence electrons. The van der Waals surface area contributed by atoms with E-state index in [9.17, 15) is 8.42 Å². The highest BCUT2D eigenvalue weighted by Gasteiger charge is 2.24. The predicted molar refractivity (Wildman–Crippen MR) is 80.7 cm³/mol. The molecule has 0 spiro atoms. The Morgan fingerprint density at radius 1 is 1.35 bits per heavy atom. The van der Waals surface area contributed by atoms with E-state index in [1.54, 1.807) is 31.4 Å². The van der Waals surface area contributed by atoms with E-state index in [1.807, 2.05) is 0 Å². The van der Waals surface area contributed by atoms with Crippen LogP contribution < -0.4 is 5.73 Å². The fourth-order valence-electron chi connectivity index (χ4n) is 1.79. The molecule has 1 aromatic heterocycles. The lowest BCUT2D eigenvalue weighted by atomic mass is 10.3. The molecule has 0 aliphatic carbocycles. The Morgan fingerprint density at radius 3 is 2.65 bits per heavy atom. The molecule has 0 saturated carbocycles. The smallest absolute Gasteiger partial charge is 0.244 e. The van der Waals surface area contributed by atoms with Gasteiger partial charge in [0, 0.05) is 29.3 Å². The van der Waals surface area contributed by atoms with E-state index in [-0.39, 0.29) is 11.4 Å². The Hall–Kier alpha value is -1.31. The van der Waals surface area contributed by atoms with E-state index in [0.717, 1.165) is 5.56 Å². The summed E-state index contributed by atoms with van der Waals surface area (Å²) in [5.74, 6) is 0.707. The Morgan fingerprint density at radius 2 is 2.05 bits per heavy atom. The third kappa shape index (κ3) is 2.89. The number of aryl methyl sites for hydroxylation is 1. The second-order valence-corrected chi connectivity index (χ2v) is 7.32. The number of nitrogen functional groups attached to an aromatic ring is 1. The first-order chi connectivity index (χ1) is 9.32. The summed E-state index contributed by atoms with van der Waals surface area (Å²) < 4.78 is 32.0. The van der Waals surface area contributed by atoms with Crippen LogP contribution in [-0.2, 0) is 16.6 Å².